The van der Waals surface area contributed by atoms with Crippen molar-refractivity contribution in [2.75, 3.05) is 44.3 Å². The first-order chi connectivity index (χ1) is 14.0. The number of rotatable bonds is 5. The van der Waals surface area contributed by atoms with E-state index in [9.17, 15) is 4.79 Å². The lowest BCUT2D eigenvalue weighted by atomic mass is 10.1. The number of carbonyl (C=O) groups excluding carboxylic acids is 1. The van der Waals surface area contributed by atoms with Gasteiger partial charge in [0.1, 0.15) is 0 Å². The Labute approximate surface area is 192 Å². The number of hydrogen-bond donors (Lipinski definition) is 0. The topological polar surface area (TPSA) is 45.7 Å². The Bertz CT molecular complexity index is 1020. The largest absolute Gasteiger partial charge is 0.379 e. The molecule has 1 aliphatic heterocycles. The fourth-order valence-corrected chi connectivity index (χ4v) is 4.60. The third-order valence-corrected chi connectivity index (χ3v) is 6.68. The fourth-order valence-electron chi connectivity index (χ4n) is 3.43. The second-order valence-corrected chi connectivity index (χ2v) is 8.71. The third kappa shape index (κ3) is 4.95. The summed E-state index contributed by atoms with van der Waals surface area (Å²) >= 11 is 7.57. The number of ether oxygens (including phenoxy) is 1. The van der Waals surface area contributed by atoms with Crippen LogP contribution in [0.15, 0.2) is 36.4 Å². The molecule has 0 radical (unpaired) electrons. The second kappa shape index (κ2) is 10.1. The minimum absolute atomic E-state index is 0. The number of amides is 1. The quantitative estimate of drug-likeness (QED) is 0.533. The van der Waals surface area contributed by atoms with E-state index in [1.807, 2.05) is 0 Å². The van der Waals surface area contributed by atoms with Gasteiger partial charge in [-0.15, -0.1) is 12.4 Å². The van der Waals surface area contributed by atoms with Crippen molar-refractivity contribution in [3.05, 3.63) is 58.1 Å². The van der Waals surface area contributed by atoms with Gasteiger partial charge in [-0.1, -0.05) is 29.0 Å². The second-order valence-electron chi connectivity index (χ2n) is 7.27. The molecule has 30 heavy (non-hydrogen) atoms. The molecule has 2 heterocycles. The number of fused-ring (bicyclic) bond motifs is 1. The van der Waals surface area contributed by atoms with Gasteiger partial charge in [-0.25, -0.2) is 4.98 Å². The highest BCUT2D eigenvalue weighted by Crippen LogP contribution is 2.32. The molecule has 4 rings (SSSR count). The van der Waals surface area contributed by atoms with Crippen LogP contribution < -0.4 is 4.90 Å². The summed E-state index contributed by atoms with van der Waals surface area (Å²) < 4.78 is 6.54. The Kier molecular flexibility index (Phi) is 7.71. The van der Waals surface area contributed by atoms with Gasteiger partial charge in [-0.2, -0.15) is 0 Å². The van der Waals surface area contributed by atoms with Crippen molar-refractivity contribution in [1.82, 2.24) is 9.88 Å². The van der Waals surface area contributed by atoms with Crippen molar-refractivity contribution in [2.45, 2.75) is 13.8 Å². The molecule has 1 aliphatic rings. The van der Waals surface area contributed by atoms with Crippen LogP contribution in [0.3, 0.4) is 0 Å². The van der Waals surface area contributed by atoms with E-state index >= 15 is 0 Å². The molecule has 1 fully saturated rings. The number of aryl methyl sites for hydroxylation is 2. The zero-order chi connectivity index (χ0) is 20.4. The number of halogens is 2. The molecule has 5 nitrogen and oxygen atoms in total. The molecule has 0 unspecified atom stereocenters. The molecule has 0 atom stereocenters. The zero-order valence-corrected chi connectivity index (χ0v) is 19.4. The van der Waals surface area contributed by atoms with Gasteiger partial charge in [0.25, 0.3) is 5.91 Å². The van der Waals surface area contributed by atoms with Gasteiger partial charge in [0, 0.05) is 36.8 Å². The van der Waals surface area contributed by atoms with Gasteiger partial charge >= 0.3 is 0 Å². The van der Waals surface area contributed by atoms with Crippen molar-refractivity contribution < 1.29 is 9.53 Å². The molecule has 0 spiro atoms. The number of thiazole rings is 1. The minimum Gasteiger partial charge on any atom is -0.379 e. The molecule has 1 aromatic heterocycles. The molecule has 3 aromatic rings. The molecule has 8 heteroatoms. The van der Waals surface area contributed by atoms with Crippen molar-refractivity contribution in [3.8, 4) is 0 Å². The molecule has 160 valence electrons. The van der Waals surface area contributed by atoms with Crippen molar-refractivity contribution in [1.29, 1.82) is 0 Å². The van der Waals surface area contributed by atoms with Crippen LogP contribution in [0.4, 0.5) is 5.13 Å². The number of hydrogen-bond acceptors (Lipinski definition) is 5. The molecular weight excluding hydrogens is 441 g/mol. The normalized spacial score (nSPS) is 14.5. The maximum Gasteiger partial charge on any atom is 0.260 e. The number of anilines is 1. The number of nitrogens with zero attached hydrogens (tertiary/aromatic N) is 3. The SMILES string of the molecule is Cc1ccc2sc(N(CCN3CCOCC3)C(=O)c3ccc(Cl)cc3)nc2c1C.Cl. The molecule has 1 saturated heterocycles. The van der Waals surface area contributed by atoms with E-state index in [-0.39, 0.29) is 18.3 Å². The third-order valence-electron chi connectivity index (χ3n) is 5.38. The van der Waals surface area contributed by atoms with Gasteiger partial charge in [0.2, 0.25) is 0 Å². The average Bonchev–Trinajstić information content (AvgIpc) is 3.17. The number of morpholine rings is 1. The smallest absolute Gasteiger partial charge is 0.260 e. The van der Waals surface area contributed by atoms with Gasteiger partial charge in [-0.3, -0.25) is 14.6 Å². The Morgan fingerprint density at radius 1 is 1.17 bits per heavy atom. The van der Waals surface area contributed by atoms with Crippen LogP contribution in [0.5, 0.6) is 0 Å². The van der Waals surface area contributed by atoms with Crippen LogP contribution in [0.1, 0.15) is 21.5 Å². The lowest BCUT2D eigenvalue weighted by Crippen LogP contribution is -2.43. The van der Waals surface area contributed by atoms with Crippen LogP contribution >= 0.6 is 35.3 Å². The summed E-state index contributed by atoms with van der Waals surface area (Å²) in [5.74, 6) is -0.0524. The van der Waals surface area contributed by atoms with Crippen LogP contribution in [0.25, 0.3) is 10.2 Å². The van der Waals surface area contributed by atoms with E-state index in [4.69, 9.17) is 21.3 Å². The summed E-state index contributed by atoms with van der Waals surface area (Å²) in [6.07, 6.45) is 0. The number of benzene rings is 2. The standard InChI is InChI=1S/C22H24ClN3O2S.ClH/c1-15-3-8-19-20(16(15)2)24-22(29-19)26(10-9-25-11-13-28-14-12-25)21(27)17-4-6-18(23)7-5-17;/h3-8H,9-14H2,1-2H3;1H. The minimum atomic E-state index is -0.0524. The highest BCUT2D eigenvalue weighted by Gasteiger charge is 2.23. The lowest BCUT2D eigenvalue weighted by Gasteiger charge is -2.29. The van der Waals surface area contributed by atoms with E-state index in [1.165, 1.54) is 5.56 Å². The predicted octanol–water partition coefficient (Wildman–Crippen LogP) is 4.97. The van der Waals surface area contributed by atoms with E-state index in [1.54, 1.807) is 40.5 Å². The molecule has 2 aromatic carbocycles. The summed E-state index contributed by atoms with van der Waals surface area (Å²) in [4.78, 5) is 22.4. The van der Waals surface area contributed by atoms with Gasteiger partial charge in [0.05, 0.1) is 23.4 Å². The van der Waals surface area contributed by atoms with E-state index in [0.717, 1.165) is 53.8 Å². The number of aromatic nitrogens is 1. The van der Waals surface area contributed by atoms with Gasteiger partial charge in [0.15, 0.2) is 5.13 Å². The van der Waals surface area contributed by atoms with Crippen molar-refractivity contribution >= 4 is 56.6 Å². The molecule has 0 aliphatic carbocycles. The van der Waals surface area contributed by atoms with Gasteiger partial charge < -0.3 is 4.74 Å². The van der Waals surface area contributed by atoms with Crippen LogP contribution in [-0.4, -0.2) is 55.2 Å². The monoisotopic (exact) mass is 465 g/mol. The maximum atomic E-state index is 13.4. The Balaban J connectivity index is 0.00000256. The lowest BCUT2D eigenvalue weighted by molar-refractivity contribution is 0.0391. The average molecular weight is 466 g/mol. The highest BCUT2D eigenvalue weighted by atomic mass is 35.5. The summed E-state index contributed by atoms with van der Waals surface area (Å²) in [5.41, 5.74) is 3.96. The molecule has 1 amide bonds. The Morgan fingerprint density at radius 3 is 2.57 bits per heavy atom. The number of carbonyl (C=O) groups is 1. The van der Waals surface area contributed by atoms with E-state index in [0.29, 0.717) is 17.1 Å². The van der Waals surface area contributed by atoms with E-state index < -0.39 is 0 Å². The maximum absolute atomic E-state index is 13.4. The molecular formula is C22H25Cl2N3O2S. The van der Waals surface area contributed by atoms with Crippen molar-refractivity contribution in [3.63, 3.8) is 0 Å². The van der Waals surface area contributed by atoms with Crippen LogP contribution in [0.2, 0.25) is 5.02 Å². The summed E-state index contributed by atoms with van der Waals surface area (Å²) in [6.45, 7) is 8.80. The molecule has 0 saturated carbocycles. The molecule has 0 bridgehead atoms. The summed E-state index contributed by atoms with van der Waals surface area (Å²) in [7, 11) is 0. The zero-order valence-electron chi connectivity index (χ0n) is 17.1. The Morgan fingerprint density at radius 2 is 1.87 bits per heavy atom. The first-order valence-corrected chi connectivity index (χ1v) is 11.0. The van der Waals surface area contributed by atoms with Crippen molar-refractivity contribution in [2.24, 2.45) is 0 Å². The summed E-state index contributed by atoms with van der Waals surface area (Å²) in [5, 5.41) is 1.36. The summed E-state index contributed by atoms with van der Waals surface area (Å²) in [6, 6.07) is 11.2. The first kappa shape index (κ1) is 23.0. The fraction of sp³-hybridized carbons (Fsp3) is 0.364. The van der Waals surface area contributed by atoms with Crippen LogP contribution in [-0.2, 0) is 4.74 Å². The predicted molar refractivity (Wildman–Crippen MR) is 127 cm³/mol. The Hall–Kier alpha value is -1.70. The van der Waals surface area contributed by atoms with Gasteiger partial charge in [-0.05, 0) is 55.3 Å². The first-order valence-electron chi connectivity index (χ1n) is 9.77. The van der Waals surface area contributed by atoms with Crippen LogP contribution in [0, 0.1) is 13.8 Å². The highest BCUT2D eigenvalue weighted by molar-refractivity contribution is 7.22. The van der Waals surface area contributed by atoms with E-state index in [2.05, 4.69) is 30.9 Å². The molecule has 0 N–H and O–H groups in total.